The van der Waals surface area contributed by atoms with Crippen molar-refractivity contribution in [2.24, 2.45) is 0 Å². The van der Waals surface area contributed by atoms with Crippen molar-refractivity contribution < 1.29 is 4.39 Å². The summed E-state index contributed by atoms with van der Waals surface area (Å²) in [6, 6.07) is 6.47. The zero-order valence-electron chi connectivity index (χ0n) is 7.34. The summed E-state index contributed by atoms with van der Waals surface area (Å²) in [5.74, 6) is 0.285. The van der Waals surface area contributed by atoms with Gasteiger partial charge >= 0.3 is 0 Å². The van der Waals surface area contributed by atoms with Crippen LogP contribution < -0.4 is 0 Å². The van der Waals surface area contributed by atoms with E-state index in [9.17, 15) is 4.39 Å². The van der Waals surface area contributed by atoms with Crippen molar-refractivity contribution >= 4 is 22.9 Å². The molecule has 1 heterocycles. The van der Waals surface area contributed by atoms with Gasteiger partial charge in [-0.3, -0.25) is 0 Å². The molecular formula is C11H8ClFS. The van der Waals surface area contributed by atoms with Crippen LogP contribution in [0, 0.1) is 5.82 Å². The first-order valence-corrected chi connectivity index (χ1v) is 5.66. The molecule has 1 aromatic heterocycles. The summed E-state index contributed by atoms with van der Waals surface area (Å²) in [4.78, 5) is 0. The maximum atomic E-state index is 12.7. The molecule has 0 N–H and O–H groups in total. The summed E-state index contributed by atoms with van der Waals surface area (Å²) >= 11 is 7.40. The van der Waals surface area contributed by atoms with Crippen LogP contribution in [0.15, 0.2) is 35.0 Å². The van der Waals surface area contributed by atoms with Crippen LogP contribution in [0.5, 0.6) is 0 Å². The monoisotopic (exact) mass is 226 g/mol. The van der Waals surface area contributed by atoms with Crippen molar-refractivity contribution in [1.82, 2.24) is 0 Å². The van der Waals surface area contributed by atoms with E-state index in [2.05, 4.69) is 0 Å². The second kappa shape index (κ2) is 4.11. The number of alkyl halides is 1. The van der Waals surface area contributed by atoms with E-state index in [0.29, 0.717) is 5.88 Å². The Morgan fingerprint density at radius 1 is 1.14 bits per heavy atom. The number of halogens is 2. The molecule has 0 spiro atoms. The van der Waals surface area contributed by atoms with Crippen LogP contribution in [-0.4, -0.2) is 0 Å². The Bertz CT molecular complexity index is 419. The molecule has 0 aliphatic carbocycles. The molecule has 2 rings (SSSR count). The van der Waals surface area contributed by atoms with E-state index in [0.717, 1.165) is 16.7 Å². The van der Waals surface area contributed by atoms with Crippen molar-refractivity contribution in [1.29, 1.82) is 0 Å². The van der Waals surface area contributed by atoms with Gasteiger partial charge in [0.15, 0.2) is 0 Å². The van der Waals surface area contributed by atoms with Gasteiger partial charge in [0.2, 0.25) is 0 Å². The molecule has 14 heavy (non-hydrogen) atoms. The Kier molecular flexibility index (Phi) is 2.85. The lowest BCUT2D eigenvalue weighted by molar-refractivity contribution is 0.628. The average molecular weight is 227 g/mol. The third-order valence-electron chi connectivity index (χ3n) is 2.04. The smallest absolute Gasteiger partial charge is 0.123 e. The fourth-order valence-corrected chi connectivity index (χ4v) is 2.49. The van der Waals surface area contributed by atoms with Gasteiger partial charge in [0.25, 0.3) is 0 Å². The molecule has 72 valence electrons. The van der Waals surface area contributed by atoms with Crippen LogP contribution in [0.3, 0.4) is 0 Å². The van der Waals surface area contributed by atoms with E-state index in [-0.39, 0.29) is 5.82 Å². The lowest BCUT2D eigenvalue weighted by Gasteiger charge is -2.00. The first kappa shape index (κ1) is 9.69. The predicted molar refractivity (Wildman–Crippen MR) is 59.3 cm³/mol. The van der Waals surface area contributed by atoms with Gasteiger partial charge in [-0.2, -0.15) is 11.3 Å². The van der Waals surface area contributed by atoms with Crippen LogP contribution in [0.4, 0.5) is 4.39 Å². The molecule has 0 saturated carbocycles. The summed E-state index contributed by atoms with van der Waals surface area (Å²) in [5, 5.41) is 4.05. The Morgan fingerprint density at radius 2 is 1.86 bits per heavy atom. The molecule has 0 bridgehead atoms. The van der Waals surface area contributed by atoms with Crippen LogP contribution in [0.2, 0.25) is 0 Å². The quantitative estimate of drug-likeness (QED) is 0.670. The van der Waals surface area contributed by atoms with Crippen molar-refractivity contribution in [2.75, 3.05) is 0 Å². The number of benzene rings is 1. The van der Waals surface area contributed by atoms with Crippen LogP contribution in [0.25, 0.3) is 11.1 Å². The second-order valence-electron chi connectivity index (χ2n) is 2.95. The predicted octanol–water partition coefficient (Wildman–Crippen LogP) is 4.29. The van der Waals surface area contributed by atoms with Gasteiger partial charge in [0.05, 0.1) is 0 Å². The molecule has 0 unspecified atom stereocenters. The van der Waals surface area contributed by atoms with Gasteiger partial charge in [-0.15, -0.1) is 11.6 Å². The zero-order valence-corrected chi connectivity index (χ0v) is 8.91. The van der Waals surface area contributed by atoms with Crippen molar-refractivity contribution in [3.63, 3.8) is 0 Å². The van der Waals surface area contributed by atoms with Gasteiger partial charge < -0.3 is 0 Å². The van der Waals surface area contributed by atoms with Gasteiger partial charge in [0, 0.05) is 5.88 Å². The van der Waals surface area contributed by atoms with Gasteiger partial charge in [-0.25, -0.2) is 4.39 Å². The van der Waals surface area contributed by atoms with Gasteiger partial charge in [-0.1, -0.05) is 12.1 Å². The molecule has 0 aliphatic rings. The van der Waals surface area contributed by atoms with Crippen LogP contribution in [0.1, 0.15) is 5.56 Å². The van der Waals surface area contributed by atoms with Crippen molar-refractivity contribution in [3.8, 4) is 11.1 Å². The molecule has 0 fully saturated rings. The van der Waals surface area contributed by atoms with Gasteiger partial charge in [0.1, 0.15) is 5.82 Å². The highest BCUT2D eigenvalue weighted by Gasteiger charge is 2.04. The molecule has 3 heteroatoms. The minimum atomic E-state index is -0.212. The molecule has 0 radical (unpaired) electrons. The van der Waals surface area contributed by atoms with E-state index < -0.39 is 0 Å². The lowest BCUT2D eigenvalue weighted by Crippen LogP contribution is -1.80. The average Bonchev–Trinajstić information content (AvgIpc) is 2.67. The van der Waals surface area contributed by atoms with E-state index in [1.54, 1.807) is 23.5 Å². The minimum Gasteiger partial charge on any atom is -0.207 e. The molecule has 0 nitrogen and oxygen atoms in total. The van der Waals surface area contributed by atoms with Crippen LogP contribution >= 0.6 is 22.9 Å². The van der Waals surface area contributed by atoms with E-state index >= 15 is 0 Å². The van der Waals surface area contributed by atoms with Crippen LogP contribution in [-0.2, 0) is 5.88 Å². The molecular weight excluding hydrogens is 219 g/mol. The topological polar surface area (TPSA) is 0 Å². The minimum absolute atomic E-state index is 0.212. The summed E-state index contributed by atoms with van der Waals surface area (Å²) in [5.41, 5.74) is 3.22. The first-order valence-electron chi connectivity index (χ1n) is 4.18. The van der Waals surface area contributed by atoms with E-state index in [1.165, 1.54) is 12.1 Å². The maximum absolute atomic E-state index is 12.7. The molecule has 1 aromatic carbocycles. The van der Waals surface area contributed by atoms with Gasteiger partial charge in [-0.05, 0) is 39.6 Å². The second-order valence-corrected chi connectivity index (χ2v) is 3.96. The SMILES string of the molecule is Fc1ccc(-c2cscc2CCl)cc1. The Balaban J connectivity index is 2.44. The summed E-state index contributed by atoms with van der Waals surface area (Å²) in [7, 11) is 0. The van der Waals surface area contributed by atoms with Crippen molar-refractivity contribution in [2.45, 2.75) is 5.88 Å². The third kappa shape index (κ3) is 1.81. The summed E-state index contributed by atoms with van der Waals surface area (Å²) in [6.07, 6.45) is 0. The maximum Gasteiger partial charge on any atom is 0.123 e. The lowest BCUT2D eigenvalue weighted by atomic mass is 10.1. The fraction of sp³-hybridized carbons (Fsp3) is 0.0909. The standard InChI is InChI=1S/C11H8ClFS/c12-5-9-6-14-7-11(9)8-1-3-10(13)4-2-8/h1-4,6-7H,5H2. The summed E-state index contributed by atoms with van der Waals surface area (Å²) < 4.78 is 12.7. The number of rotatable bonds is 2. The van der Waals surface area contributed by atoms with E-state index in [4.69, 9.17) is 11.6 Å². The highest BCUT2D eigenvalue weighted by Crippen LogP contribution is 2.28. The highest BCUT2D eigenvalue weighted by molar-refractivity contribution is 7.08. The Morgan fingerprint density at radius 3 is 2.50 bits per heavy atom. The van der Waals surface area contributed by atoms with E-state index in [1.807, 2.05) is 10.8 Å². The van der Waals surface area contributed by atoms with Crippen molar-refractivity contribution in [3.05, 3.63) is 46.4 Å². The zero-order chi connectivity index (χ0) is 9.97. The fourth-order valence-electron chi connectivity index (χ4n) is 1.31. The molecule has 0 saturated heterocycles. The number of thiophene rings is 1. The third-order valence-corrected chi connectivity index (χ3v) is 3.12. The summed E-state index contributed by atoms with van der Waals surface area (Å²) in [6.45, 7) is 0. The molecule has 0 amide bonds. The normalized spacial score (nSPS) is 10.4. The Hall–Kier alpha value is -0.860. The highest BCUT2D eigenvalue weighted by atomic mass is 35.5. The Labute approximate surface area is 91.0 Å². The molecule has 2 aromatic rings. The number of hydrogen-bond acceptors (Lipinski definition) is 1. The molecule has 0 atom stereocenters. The largest absolute Gasteiger partial charge is 0.207 e. The molecule has 0 aliphatic heterocycles. The first-order chi connectivity index (χ1) is 6.81. The number of hydrogen-bond donors (Lipinski definition) is 0.